The zero-order valence-electron chi connectivity index (χ0n) is 12.6. The van der Waals surface area contributed by atoms with Gasteiger partial charge in [0.1, 0.15) is 24.1 Å². The van der Waals surface area contributed by atoms with Gasteiger partial charge in [0.25, 0.3) is 0 Å². The topological polar surface area (TPSA) is 135 Å². The fourth-order valence-electron chi connectivity index (χ4n) is 2.83. The zero-order chi connectivity index (χ0) is 16.6. The van der Waals surface area contributed by atoms with Crippen LogP contribution in [-0.4, -0.2) is 49.8 Å². The van der Waals surface area contributed by atoms with Gasteiger partial charge in [0.15, 0.2) is 17.7 Å². The average molecular weight is 343 g/mol. The van der Waals surface area contributed by atoms with Gasteiger partial charge in [-0.1, -0.05) is 6.92 Å². The molecule has 11 heteroatoms. The summed E-state index contributed by atoms with van der Waals surface area (Å²) in [5.41, 5.74) is 6.74. The number of rotatable bonds is 5. The lowest BCUT2D eigenvalue weighted by Gasteiger charge is -2.22. The van der Waals surface area contributed by atoms with Gasteiger partial charge in [-0.15, -0.1) is 0 Å². The van der Waals surface area contributed by atoms with E-state index in [1.54, 1.807) is 4.57 Å². The second-order valence-electron chi connectivity index (χ2n) is 5.11. The molecule has 3 heterocycles. The van der Waals surface area contributed by atoms with Crippen LogP contribution >= 0.6 is 8.25 Å². The summed E-state index contributed by atoms with van der Waals surface area (Å²) >= 11 is 0. The van der Waals surface area contributed by atoms with Crippen molar-refractivity contribution in [1.82, 2.24) is 19.5 Å². The number of hydrogen-bond acceptors (Lipinski definition) is 8. The van der Waals surface area contributed by atoms with Crippen molar-refractivity contribution in [3.05, 3.63) is 12.7 Å². The molecule has 0 amide bonds. The van der Waals surface area contributed by atoms with E-state index in [4.69, 9.17) is 24.6 Å². The van der Waals surface area contributed by atoms with Crippen LogP contribution in [0, 0.1) is 0 Å². The molecule has 10 nitrogen and oxygen atoms in total. The Bertz CT molecular complexity index is 725. The number of anilines is 1. The van der Waals surface area contributed by atoms with E-state index in [1.807, 2.05) is 6.92 Å². The molecule has 3 rings (SSSR count). The molecular weight excluding hydrogens is 325 g/mol. The number of aromatic nitrogens is 4. The Balaban J connectivity index is 2.00. The van der Waals surface area contributed by atoms with Gasteiger partial charge in [0.2, 0.25) is 0 Å². The second kappa shape index (κ2) is 6.50. The summed E-state index contributed by atoms with van der Waals surface area (Å²) < 4.78 is 29.4. The van der Waals surface area contributed by atoms with E-state index < -0.39 is 26.7 Å². The van der Waals surface area contributed by atoms with Gasteiger partial charge in [-0.05, 0) is 6.42 Å². The molecule has 1 saturated heterocycles. The number of fused-ring (bicyclic) bond motifs is 1. The van der Waals surface area contributed by atoms with Crippen LogP contribution in [0.3, 0.4) is 0 Å². The van der Waals surface area contributed by atoms with Crippen molar-refractivity contribution in [3.8, 4) is 0 Å². The first-order chi connectivity index (χ1) is 11.1. The highest BCUT2D eigenvalue weighted by atomic mass is 31.1. The number of imidazole rings is 1. The molecule has 1 aliphatic rings. The molecule has 0 radical (unpaired) electrons. The Morgan fingerprint density at radius 1 is 1.43 bits per heavy atom. The maximum atomic E-state index is 11.1. The highest BCUT2D eigenvalue weighted by Gasteiger charge is 2.47. The third-order valence-electron chi connectivity index (χ3n) is 3.86. The standard InChI is InChI=1S/C12H18N5O5P/c1-3-6-8(22-23(18)19)9(20-2)12(21-6)17-5-16-7-10(13)14-4-15-11(7)17/h4-6,8-9,12,23H,3H2,1-2H3,(H,18,19)(H2,13,14,15)/t6-,8?,9+,12-/m1/s1. The lowest BCUT2D eigenvalue weighted by atomic mass is 10.1. The number of ether oxygens (including phenoxy) is 2. The fraction of sp³-hybridized carbons (Fsp3) is 0.583. The van der Waals surface area contributed by atoms with Crippen LogP contribution in [0.1, 0.15) is 19.6 Å². The Hall–Kier alpha value is -1.58. The Morgan fingerprint density at radius 3 is 2.87 bits per heavy atom. The van der Waals surface area contributed by atoms with Crippen molar-refractivity contribution in [1.29, 1.82) is 0 Å². The summed E-state index contributed by atoms with van der Waals surface area (Å²) in [7, 11) is -1.63. The highest BCUT2D eigenvalue weighted by Crippen LogP contribution is 2.39. The Kier molecular flexibility index (Phi) is 4.60. The van der Waals surface area contributed by atoms with Crippen molar-refractivity contribution in [3.63, 3.8) is 0 Å². The summed E-state index contributed by atoms with van der Waals surface area (Å²) in [6.45, 7) is 1.90. The predicted octanol–water partition coefficient (Wildman–Crippen LogP) is 0.498. The largest absolute Gasteiger partial charge is 0.382 e. The van der Waals surface area contributed by atoms with Crippen LogP contribution in [0.2, 0.25) is 0 Å². The lowest BCUT2D eigenvalue weighted by molar-refractivity contribution is -0.0492. The number of nitrogen functional groups attached to an aromatic ring is 1. The molecule has 0 bridgehead atoms. The van der Waals surface area contributed by atoms with E-state index in [9.17, 15) is 4.57 Å². The average Bonchev–Trinajstić information content (AvgIpc) is 3.08. The molecular formula is C12H18N5O5P. The quantitative estimate of drug-likeness (QED) is 0.744. The van der Waals surface area contributed by atoms with Crippen LogP contribution < -0.4 is 5.73 Å². The molecule has 3 N–H and O–H groups in total. The van der Waals surface area contributed by atoms with Crippen molar-refractivity contribution in [2.45, 2.75) is 37.9 Å². The van der Waals surface area contributed by atoms with Crippen molar-refractivity contribution >= 4 is 25.2 Å². The summed E-state index contributed by atoms with van der Waals surface area (Å²) in [5, 5.41) is 0. The molecule has 0 aromatic carbocycles. The third kappa shape index (κ3) is 2.84. The number of nitrogens with two attached hydrogens (primary N) is 1. The smallest absolute Gasteiger partial charge is 0.317 e. The van der Waals surface area contributed by atoms with Crippen molar-refractivity contribution < 1.29 is 23.5 Å². The van der Waals surface area contributed by atoms with E-state index in [0.29, 0.717) is 17.6 Å². The molecule has 2 aromatic rings. The normalized spacial score (nSPS) is 29.2. The first-order valence-electron chi connectivity index (χ1n) is 7.07. The molecule has 0 saturated carbocycles. The third-order valence-corrected chi connectivity index (χ3v) is 4.33. The minimum Gasteiger partial charge on any atom is -0.382 e. The minimum absolute atomic E-state index is 0.265. The Morgan fingerprint density at radius 2 is 2.22 bits per heavy atom. The zero-order valence-corrected chi connectivity index (χ0v) is 13.6. The van der Waals surface area contributed by atoms with Crippen molar-refractivity contribution in [2.24, 2.45) is 0 Å². The molecule has 0 spiro atoms. The van der Waals surface area contributed by atoms with Crippen LogP contribution in [0.5, 0.6) is 0 Å². The summed E-state index contributed by atoms with van der Waals surface area (Å²) in [4.78, 5) is 21.4. The number of nitrogens with zero attached hydrogens (tertiary/aromatic N) is 4. The van der Waals surface area contributed by atoms with Crippen LogP contribution in [0.25, 0.3) is 11.2 Å². The molecule has 23 heavy (non-hydrogen) atoms. The number of methoxy groups -OCH3 is 1. The summed E-state index contributed by atoms with van der Waals surface area (Å²) in [6.07, 6.45) is 1.23. The monoisotopic (exact) mass is 343 g/mol. The molecule has 0 aliphatic carbocycles. The van der Waals surface area contributed by atoms with Gasteiger partial charge in [0.05, 0.1) is 12.4 Å². The van der Waals surface area contributed by atoms with Gasteiger partial charge in [-0.25, -0.2) is 15.0 Å². The fourth-order valence-corrected chi connectivity index (χ4v) is 3.35. The molecule has 2 unspecified atom stereocenters. The van der Waals surface area contributed by atoms with E-state index in [2.05, 4.69) is 15.0 Å². The molecule has 5 atom stereocenters. The summed E-state index contributed by atoms with van der Waals surface area (Å²) in [6, 6.07) is 0. The highest BCUT2D eigenvalue weighted by molar-refractivity contribution is 7.32. The molecule has 126 valence electrons. The van der Waals surface area contributed by atoms with Gasteiger partial charge < -0.3 is 24.6 Å². The molecule has 2 aromatic heterocycles. The van der Waals surface area contributed by atoms with Gasteiger partial charge in [-0.2, -0.15) is 0 Å². The Labute approximate surface area is 132 Å². The lowest BCUT2D eigenvalue weighted by Crippen LogP contribution is -2.34. The van der Waals surface area contributed by atoms with Gasteiger partial charge in [0, 0.05) is 7.11 Å². The maximum Gasteiger partial charge on any atom is 0.317 e. The first-order valence-corrected chi connectivity index (χ1v) is 8.34. The van der Waals surface area contributed by atoms with E-state index >= 15 is 0 Å². The second-order valence-corrected chi connectivity index (χ2v) is 5.87. The van der Waals surface area contributed by atoms with E-state index in [1.165, 1.54) is 19.8 Å². The van der Waals surface area contributed by atoms with Gasteiger partial charge >= 0.3 is 8.25 Å². The predicted molar refractivity (Wildman–Crippen MR) is 80.8 cm³/mol. The van der Waals surface area contributed by atoms with Crippen molar-refractivity contribution in [2.75, 3.05) is 12.8 Å². The molecule has 1 fully saturated rings. The first kappa shape index (κ1) is 16.3. The van der Waals surface area contributed by atoms with Gasteiger partial charge in [-0.3, -0.25) is 9.13 Å². The molecule has 1 aliphatic heterocycles. The summed E-state index contributed by atoms with van der Waals surface area (Å²) in [5.74, 6) is 0.265. The van der Waals surface area contributed by atoms with Crippen LogP contribution in [0.15, 0.2) is 12.7 Å². The maximum absolute atomic E-state index is 11.1. The number of hydrogen-bond donors (Lipinski definition) is 2. The van der Waals surface area contributed by atoms with E-state index in [-0.39, 0.29) is 11.9 Å². The minimum atomic E-state index is -3.12. The SMILES string of the molecule is CC[C@H]1O[C@@H](n2cnc3c(N)ncnc32)[C@@H](OC)C1O[PH](=O)O. The van der Waals surface area contributed by atoms with Crippen LogP contribution in [0.4, 0.5) is 5.82 Å². The van der Waals surface area contributed by atoms with Crippen LogP contribution in [-0.2, 0) is 18.6 Å². The van der Waals surface area contributed by atoms with E-state index in [0.717, 1.165) is 0 Å².